The van der Waals surface area contributed by atoms with Crippen molar-refractivity contribution in [2.75, 3.05) is 6.61 Å². The molecule has 19 heavy (non-hydrogen) atoms. The number of aromatic nitrogens is 1. The second-order valence-corrected chi connectivity index (χ2v) is 4.23. The molecule has 0 saturated heterocycles. The Morgan fingerprint density at radius 2 is 2.26 bits per heavy atom. The minimum atomic E-state index is -2.94. The molecule has 0 saturated carbocycles. The van der Waals surface area contributed by atoms with Gasteiger partial charge in [0.2, 0.25) is 5.69 Å². The van der Waals surface area contributed by atoms with Gasteiger partial charge in [0.05, 0.1) is 18.6 Å². The predicted octanol–water partition coefficient (Wildman–Crippen LogP) is 2.80. The minimum Gasteiger partial charge on any atom is -0.466 e. The Kier molecular flexibility index (Phi) is 5.28. The van der Waals surface area contributed by atoms with Gasteiger partial charge in [0.1, 0.15) is 0 Å². The van der Waals surface area contributed by atoms with E-state index < -0.39 is 35.3 Å². The third-order valence-corrected chi connectivity index (χ3v) is 2.80. The summed E-state index contributed by atoms with van der Waals surface area (Å²) in [5.74, 6) is -1.48. The van der Waals surface area contributed by atoms with E-state index in [-0.39, 0.29) is 16.6 Å². The van der Waals surface area contributed by atoms with Gasteiger partial charge in [-0.25, -0.2) is 8.78 Å². The number of carbonyl (C=O) groups is 1. The first-order valence-corrected chi connectivity index (χ1v) is 5.93. The number of carbonyl (C=O) groups excluding carboxylic acids is 1. The van der Waals surface area contributed by atoms with Gasteiger partial charge >= 0.3 is 18.2 Å². The fraction of sp³-hybridized carbons (Fsp3) is 0.400. The Labute approximate surface area is 115 Å². The Morgan fingerprint density at radius 1 is 1.63 bits per heavy atom. The number of nitrogens with zero attached hydrogens (tertiary/aromatic N) is 2. The number of hydrogen-bond donors (Lipinski definition) is 0. The highest BCUT2D eigenvalue weighted by Crippen LogP contribution is 2.30. The summed E-state index contributed by atoms with van der Waals surface area (Å²) in [6.45, 7) is 1.70. The fourth-order valence-corrected chi connectivity index (χ4v) is 1.88. The topological polar surface area (TPSA) is 82.3 Å². The predicted molar refractivity (Wildman–Crippen MR) is 63.9 cm³/mol. The summed E-state index contributed by atoms with van der Waals surface area (Å²) >= 11 is 2.93. The van der Waals surface area contributed by atoms with Crippen LogP contribution in [0.3, 0.4) is 0 Å². The number of pyridine rings is 1. The smallest absolute Gasteiger partial charge is 0.368 e. The van der Waals surface area contributed by atoms with E-state index in [0.29, 0.717) is 0 Å². The number of ether oxygens (including phenoxy) is 1. The molecule has 1 aromatic rings. The Hall–Kier alpha value is -1.64. The van der Waals surface area contributed by atoms with Crippen molar-refractivity contribution in [3.05, 3.63) is 31.9 Å². The highest BCUT2D eigenvalue weighted by molar-refractivity contribution is 9.10. The van der Waals surface area contributed by atoms with Gasteiger partial charge in [-0.2, -0.15) is 0 Å². The lowest BCUT2D eigenvalue weighted by atomic mass is 10.1. The zero-order chi connectivity index (χ0) is 14.6. The molecule has 1 heterocycles. The second kappa shape index (κ2) is 6.50. The Balaban J connectivity index is 3.22. The molecule has 104 valence electrons. The van der Waals surface area contributed by atoms with Crippen LogP contribution in [0, 0.1) is 10.1 Å². The van der Waals surface area contributed by atoms with Crippen molar-refractivity contribution in [2.24, 2.45) is 0 Å². The Bertz CT molecular complexity index is 511. The summed E-state index contributed by atoms with van der Waals surface area (Å²) in [7, 11) is 0. The number of alkyl halides is 2. The molecule has 0 atom stereocenters. The Morgan fingerprint density at radius 3 is 2.74 bits per heavy atom. The van der Waals surface area contributed by atoms with Gasteiger partial charge in [0.15, 0.2) is 0 Å². The van der Waals surface area contributed by atoms with E-state index in [4.69, 9.17) is 0 Å². The van der Waals surface area contributed by atoms with E-state index in [1.807, 2.05) is 0 Å². The van der Waals surface area contributed by atoms with Crippen LogP contribution in [0.25, 0.3) is 0 Å². The molecule has 0 N–H and O–H groups in total. The van der Waals surface area contributed by atoms with Crippen molar-refractivity contribution < 1.29 is 23.2 Å². The fourth-order valence-electron chi connectivity index (χ4n) is 1.33. The van der Waals surface area contributed by atoms with E-state index in [1.165, 1.54) is 0 Å². The molecule has 0 unspecified atom stereocenters. The highest BCUT2D eigenvalue weighted by atomic mass is 79.9. The van der Waals surface area contributed by atoms with Crippen molar-refractivity contribution in [3.63, 3.8) is 0 Å². The minimum absolute atomic E-state index is 0.0255. The molecule has 0 radical (unpaired) electrons. The SMILES string of the molecule is CCOC(=O)Cc1c(Br)cc(C(F)F)nc1[N+](=O)[O-]. The molecule has 1 rings (SSSR count). The number of rotatable bonds is 5. The number of nitro groups is 1. The summed E-state index contributed by atoms with van der Waals surface area (Å²) in [6.07, 6.45) is -3.35. The standard InChI is InChI=1S/C10H9BrF2N2O4/c1-2-19-8(16)3-5-6(11)4-7(9(12)13)14-10(5)15(17)18/h4,9H,2-3H2,1H3. The first kappa shape index (κ1) is 15.4. The van der Waals surface area contributed by atoms with E-state index in [1.54, 1.807) is 6.92 Å². The van der Waals surface area contributed by atoms with Crippen LogP contribution in [0.1, 0.15) is 24.6 Å². The second-order valence-electron chi connectivity index (χ2n) is 3.37. The van der Waals surface area contributed by atoms with Gasteiger partial charge in [-0.05, 0) is 16.8 Å². The van der Waals surface area contributed by atoms with Crippen LogP contribution in [-0.2, 0) is 16.0 Å². The molecule has 0 bridgehead atoms. The molecule has 0 amide bonds. The normalized spacial score (nSPS) is 10.6. The molecule has 6 nitrogen and oxygen atoms in total. The molecule has 0 aromatic carbocycles. The van der Waals surface area contributed by atoms with E-state index >= 15 is 0 Å². The quantitative estimate of drug-likeness (QED) is 0.468. The van der Waals surface area contributed by atoms with E-state index in [2.05, 4.69) is 25.7 Å². The van der Waals surface area contributed by atoms with Gasteiger partial charge in [-0.15, -0.1) is 0 Å². The summed E-state index contributed by atoms with van der Waals surface area (Å²) in [4.78, 5) is 24.5. The van der Waals surface area contributed by atoms with Crippen LogP contribution in [0.5, 0.6) is 0 Å². The number of hydrogen-bond acceptors (Lipinski definition) is 5. The van der Waals surface area contributed by atoms with Crippen molar-refractivity contribution >= 4 is 27.7 Å². The molecular formula is C10H9BrF2N2O4. The van der Waals surface area contributed by atoms with Gasteiger partial charge < -0.3 is 14.9 Å². The summed E-state index contributed by atoms with van der Waals surface area (Å²) in [5, 5.41) is 10.8. The molecule has 0 aliphatic carbocycles. The molecule has 0 aliphatic heterocycles. The third-order valence-electron chi connectivity index (χ3n) is 2.09. The average Bonchev–Trinajstić information content (AvgIpc) is 2.31. The molecule has 0 spiro atoms. The van der Waals surface area contributed by atoms with Crippen LogP contribution in [0.4, 0.5) is 14.6 Å². The molecule has 9 heteroatoms. The van der Waals surface area contributed by atoms with Crippen molar-refractivity contribution in [1.82, 2.24) is 4.98 Å². The molecular weight excluding hydrogens is 330 g/mol. The maximum absolute atomic E-state index is 12.5. The van der Waals surface area contributed by atoms with Gasteiger partial charge in [-0.3, -0.25) is 4.79 Å². The van der Waals surface area contributed by atoms with Crippen molar-refractivity contribution in [3.8, 4) is 0 Å². The van der Waals surface area contributed by atoms with Crippen LogP contribution in [-0.4, -0.2) is 22.5 Å². The average molecular weight is 339 g/mol. The lowest BCUT2D eigenvalue weighted by Crippen LogP contribution is -2.11. The third kappa shape index (κ3) is 3.91. The number of halogens is 3. The molecule has 1 aromatic heterocycles. The first-order valence-electron chi connectivity index (χ1n) is 5.14. The van der Waals surface area contributed by atoms with Gasteiger partial charge in [0, 0.05) is 10.5 Å². The zero-order valence-corrected chi connectivity index (χ0v) is 11.3. The lowest BCUT2D eigenvalue weighted by molar-refractivity contribution is -0.390. The van der Waals surface area contributed by atoms with Crippen molar-refractivity contribution in [2.45, 2.75) is 19.8 Å². The molecule has 0 fully saturated rings. The highest BCUT2D eigenvalue weighted by Gasteiger charge is 2.27. The lowest BCUT2D eigenvalue weighted by Gasteiger charge is -2.06. The molecule has 0 aliphatic rings. The van der Waals surface area contributed by atoms with Crippen LogP contribution >= 0.6 is 15.9 Å². The van der Waals surface area contributed by atoms with Crippen LogP contribution in [0.2, 0.25) is 0 Å². The monoisotopic (exact) mass is 338 g/mol. The maximum atomic E-state index is 12.5. The largest absolute Gasteiger partial charge is 0.466 e. The van der Waals surface area contributed by atoms with Crippen LogP contribution in [0.15, 0.2) is 10.5 Å². The van der Waals surface area contributed by atoms with Crippen LogP contribution < -0.4 is 0 Å². The maximum Gasteiger partial charge on any atom is 0.368 e. The van der Waals surface area contributed by atoms with E-state index in [0.717, 1.165) is 6.07 Å². The summed E-state index contributed by atoms with van der Waals surface area (Å²) in [5.41, 5.74) is -0.820. The summed E-state index contributed by atoms with van der Waals surface area (Å²) in [6, 6.07) is 0.951. The number of esters is 1. The van der Waals surface area contributed by atoms with Gasteiger partial charge in [0.25, 0.3) is 0 Å². The van der Waals surface area contributed by atoms with E-state index in [9.17, 15) is 23.7 Å². The summed E-state index contributed by atoms with van der Waals surface area (Å²) < 4.78 is 29.7. The zero-order valence-electron chi connectivity index (χ0n) is 9.73. The first-order chi connectivity index (χ1) is 8.86. The van der Waals surface area contributed by atoms with Crippen molar-refractivity contribution in [1.29, 1.82) is 0 Å². The van der Waals surface area contributed by atoms with Gasteiger partial charge in [-0.1, -0.05) is 15.9 Å².